The summed E-state index contributed by atoms with van der Waals surface area (Å²) >= 11 is 0. The highest BCUT2D eigenvalue weighted by atomic mass is 19.4. The quantitative estimate of drug-likeness (QED) is 0.877. The molecule has 0 spiro atoms. The van der Waals surface area contributed by atoms with Gasteiger partial charge in [0.15, 0.2) is 0 Å². The fourth-order valence-corrected chi connectivity index (χ4v) is 2.72. The van der Waals surface area contributed by atoms with Gasteiger partial charge in [0.2, 0.25) is 0 Å². The van der Waals surface area contributed by atoms with Gasteiger partial charge in [0.25, 0.3) is 0 Å². The molecule has 0 bridgehead atoms. The summed E-state index contributed by atoms with van der Waals surface area (Å²) in [5, 5.41) is 12.8. The summed E-state index contributed by atoms with van der Waals surface area (Å²) in [4.78, 5) is 0. The lowest BCUT2D eigenvalue weighted by Gasteiger charge is -2.26. The average Bonchev–Trinajstić information content (AvgIpc) is 2.37. The van der Waals surface area contributed by atoms with Gasteiger partial charge in [0.1, 0.15) is 5.75 Å². The normalized spacial score (nSPS) is 23.0. The second-order valence-corrected chi connectivity index (χ2v) is 5.51. The summed E-state index contributed by atoms with van der Waals surface area (Å²) in [6.45, 7) is 1.25. The highest BCUT2D eigenvalue weighted by molar-refractivity contribution is 5.28. The molecule has 1 saturated carbocycles. The van der Waals surface area contributed by atoms with Gasteiger partial charge in [-0.3, -0.25) is 0 Å². The van der Waals surface area contributed by atoms with Crippen LogP contribution < -0.4 is 10.1 Å². The minimum atomic E-state index is -4.66. The van der Waals surface area contributed by atoms with E-state index in [1.54, 1.807) is 12.1 Å². The van der Waals surface area contributed by atoms with E-state index in [1.807, 2.05) is 0 Å². The van der Waals surface area contributed by atoms with Crippen LogP contribution in [0.3, 0.4) is 0 Å². The summed E-state index contributed by atoms with van der Waals surface area (Å²) in [7, 11) is 0. The highest BCUT2D eigenvalue weighted by Crippen LogP contribution is 2.24. The molecule has 118 valence electrons. The third-order valence-electron chi connectivity index (χ3n) is 3.65. The topological polar surface area (TPSA) is 41.5 Å². The van der Waals surface area contributed by atoms with E-state index in [-0.39, 0.29) is 11.9 Å². The van der Waals surface area contributed by atoms with Crippen LogP contribution in [0, 0.1) is 5.92 Å². The molecule has 0 aromatic heterocycles. The first-order chi connectivity index (χ1) is 9.92. The number of aliphatic hydroxyl groups excluding tert-OH is 1. The minimum absolute atomic E-state index is 0.199. The number of hydrogen-bond acceptors (Lipinski definition) is 3. The number of benzene rings is 1. The number of halogens is 3. The Hall–Kier alpha value is -1.27. The Kier molecular flexibility index (Phi) is 5.47. The standard InChI is InChI=1S/C15H20F3NO2/c16-15(17,18)21-14-6-2-4-12(8-14)10-19-9-11-3-1-5-13(20)7-11/h2,4,6,8,11,13,19-20H,1,3,5,7,9-10H2. The maximum absolute atomic E-state index is 12.1. The molecule has 0 radical (unpaired) electrons. The van der Waals surface area contributed by atoms with Gasteiger partial charge >= 0.3 is 6.36 Å². The van der Waals surface area contributed by atoms with Crippen LogP contribution in [0.25, 0.3) is 0 Å². The molecule has 1 aromatic rings. The summed E-state index contributed by atoms with van der Waals surface area (Å²) in [5.41, 5.74) is 0.744. The van der Waals surface area contributed by atoms with Gasteiger partial charge in [0.05, 0.1) is 6.10 Å². The summed E-state index contributed by atoms with van der Waals surface area (Å²) in [6, 6.07) is 5.97. The molecular formula is C15H20F3NO2. The molecule has 0 heterocycles. The zero-order valence-electron chi connectivity index (χ0n) is 11.7. The molecule has 2 unspecified atom stereocenters. The first-order valence-corrected chi connectivity index (χ1v) is 7.16. The number of rotatable bonds is 5. The van der Waals surface area contributed by atoms with E-state index in [0.717, 1.165) is 37.8 Å². The maximum atomic E-state index is 12.1. The molecule has 0 saturated heterocycles. The third kappa shape index (κ3) is 5.93. The van der Waals surface area contributed by atoms with Gasteiger partial charge in [-0.25, -0.2) is 0 Å². The zero-order valence-corrected chi connectivity index (χ0v) is 11.7. The van der Waals surface area contributed by atoms with Crippen molar-refractivity contribution in [1.82, 2.24) is 5.32 Å². The molecule has 1 aliphatic carbocycles. The molecule has 0 amide bonds. The van der Waals surface area contributed by atoms with Gasteiger partial charge in [0, 0.05) is 6.54 Å². The summed E-state index contributed by atoms with van der Waals surface area (Å²) in [5.74, 6) is 0.234. The van der Waals surface area contributed by atoms with Gasteiger partial charge < -0.3 is 15.2 Å². The van der Waals surface area contributed by atoms with Crippen molar-refractivity contribution < 1.29 is 23.0 Å². The van der Waals surface area contributed by atoms with E-state index < -0.39 is 6.36 Å². The van der Waals surface area contributed by atoms with Gasteiger partial charge in [-0.2, -0.15) is 0 Å². The van der Waals surface area contributed by atoms with Crippen LogP contribution in [0.5, 0.6) is 5.75 Å². The molecule has 6 heteroatoms. The largest absolute Gasteiger partial charge is 0.573 e. The SMILES string of the molecule is OC1CCCC(CNCc2cccc(OC(F)(F)F)c2)C1. The summed E-state index contributed by atoms with van der Waals surface area (Å²) < 4.78 is 40.3. The van der Waals surface area contributed by atoms with Gasteiger partial charge in [-0.15, -0.1) is 13.2 Å². The Morgan fingerprint density at radius 1 is 1.29 bits per heavy atom. The van der Waals surface area contributed by atoms with Crippen LogP contribution in [0.4, 0.5) is 13.2 Å². The Bertz CT molecular complexity index is 451. The van der Waals surface area contributed by atoms with E-state index in [1.165, 1.54) is 12.1 Å². The Balaban J connectivity index is 1.79. The zero-order chi connectivity index (χ0) is 15.3. The van der Waals surface area contributed by atoms with E-state index in [9.17, 15) is 18.3 Å². The van der Waals surface area contributed by atoms with Crippen molar-refractivity contribution in [1.29, 1.82) is 0 Å². The van der Waals surface area contributed by atoms with Crippen molar-refractivity contribution in [2.45, 2.75) is 44.7 Å². The smallest absolute Gasteiger partial charge is 0.406 e. The lowest BCUT2D eigenvalue weighted by molar-refractivity contribution is -0.274. The molecular weight excluding hydrogens is 283 g/mol. The van der Waals surface area contributed by atoms with Gasteiger partial charge in [-0.1, -0.05) is 18.6 Å². The molecule has 21 heavy (non-hydrogen) atoms. The first kappa shape index (κ1) is 16.1. The number of hydrogen-bond donors (Lipinski definition) is 2. The van der Waals surface area contributed by atoms with E-state index >= 15 is 0 Å². The fourth-order valence-electron chi connectivity index (χ4n) is 2.72. The highest BCUT2D eigenvalue weighted by Gasteiger charge is 2.31. The van der Waals surface area contributed by atoms with Crippen LogP contribution in [0.1, 0.15) is 31.2 Å². The fraction of sp³-hybridized carbons (Fsp3) is 0.600. The first-order valence-electron chi connectivity index (χ1n) is 7.16. The van der Waals surface area contributed by atoms with Crippen LogP contribution >= 0.6 is 0 Å². The maximum Gasteiger partial charge on any atom is 0.573 e. The van der Waals surface area contributed by atoms with E-state index in [2.05, 4.69) is 10.1 Å². The van der Waals surface area contributed by atoms with Crippen molar-refractivity contribution in [3.05, 3.63) is 29.8 Å². The second kappa shape index (κ2) is 7.13. The molecule has 1 aliphatic rings. The number of aliphatic hydroxyl groups is 1. The molecule has 2 N–H and O–H groups in total. The monoisotopic (exact) mass is 303 g/mol. The number of ether oxygens (including phenoxy) is 1. The average molecular weight is 303 g/mol. The van der Waals surface area contributed by atoms with Crippen LogP contribution in [0.2, 0.25) is 0 Å². The summed E-state index contributed by atoms with van der Waals surface area (Å²) in [6.07, 6.45) is -1.10. The van der Waals surface area contributed by atoms with Gasteiger partial charge in [-0.05, 0) is 49.4 Å². The second-order valence-electron chi connectivity index (χ2n) is 5.51. The van der Waals surface area contributed by atoms with Crippen molar-refractivity contribution >= 4 is 0 Å². The van der Waals surface area contributed by atoms with Crippen LogP contribution in [-0.4, -0.2) is 24.1 Å². The molecule has 1 aromatic carbocycles. The molecule has 3 nitrogen and oxygen atoms in total. The van der Waals surface area contributed by atoms with Crippen LogP contribution in [0.15, 0.2) is 24.3 Å². The molecule has 1 fully saturated rings. The predicted molar refractivity (Wildman–Crippen MR) is 72.8 cm³/mol. The Labute approximate surface area is 122 Å². The van der Waals surface area contributed by atoms with Crippen molar-refractivity contribution in [3.8, 4) is 5.75 Å². The van der Waals surface area contributed by atoms with E-state index in [4.69, 9.17) is 0 Å². The van der Waals surface area contributed by atoms with Crippen molar-refractivity contribution in [3.63, 3.8) is 0 Å². The van der Waals surface area contributed by atoms with Crippen LogP contribution in [-0.2, 0) is 6.54 Å². The lowest BCUT2D eigenvalue weighted by Crippen LogP contribution is -2.28. The number of nitrogens with one attached hydrogen (secondary N) is 1. The number of alkyl halides is 3. The molecule has 2 atom stereocenters. The Morgan fingerprint density at radius 3 is 2.81 bits per heavy atom. The van der Waals surface area contributed by atoms with Crippen molar-refractivity contribution in [2.24, 2.45) is 5.92 Å². The van der Waals surface area contributed by atoms with Crippen molar-refractivity contribution in [2.75, 3.05) is 6.54 Å². The lowest BCUT2D eigenvalue weighted by atomic mass is 9.87. The molecule has 0 aliphatic heterocycles. The molecule has 2 rings (SSSR count). The predicted octanol–water partition coefficient (Wildman–Crippen LogP) is 3.23. The third-order valence-corrected chi connectivity index (χ3v) is 3.65. The van der Waals surface area contributed by atoms with E-state index in [0.29, 0.717) is 12.5 Å². The Morgan fingerprint density at radius 2 is 2.10 bits per heavy atom. The minimum Gasteiger partial charge on any atom is -0.406 e.